The van der Waals surface area contributed by atoms with E-state index < -0.39 is 6.17 Å². The smallest absolute Gasteiger partial charge is 0.156 e. The van der Waals surface area contributed by atoms with E-state index in [2.05, 4.69) is 5.18 Å². The fourth-order valence-corrected chi connectivity index (χ4v) is 0.786. The van der Waals surface area contributed by atoms with Gasteiger partial charge in [-0.3, -0.25) is 0 Å². The zero-order valence-corrected chi connectivity index (χ0v) is 5.73. The summed E-state index contributed by atoms with van der Waals surface area (Å²) in [5.74, 6) is 0. The summed E-state index contributed by atoms with van der Waals surface area (Å²) in [6, 6.07) is 8.61. The fourth-order valence-electron chi connectivity index (χ4n) is 0.786. The largest absolute Gasteiger partial charge is 0.786 e. The van der Waals surface area contributed by atoms with Gasteiger partial charge in [0.25, 0.3) is 0 Å². The Balaban J connectivity index is 2.82. The number of nitrogens with one attached hydrogen (secondary N) is 1. The highest BCUT2D eigenvalue weighted by atomic mass is 16.5. The summed E-state index contributed by atoms with van der Waals surface area (Å²) in [6.07, 6.45) is -0.976. The standard InChI is InChI=1S/C7H7N2O2/c10-8-7(9-11)6-4-2-1-3-5-6/h1-5,7-8H/q-1. The highest BCUT2D eigenvalue weighted by Crippen LogP contribution is 2.11. The Labute approximate surface area is 63.8 Å². The van der Waals surface area contributed by atoms with Crippen LogP contribution < -0.4 is 5.48 Å². The van der Waals surface area contributed by atoms with Gasteiger partial charge in [-0.05, 0) is 10.7 Å². The summed E-state index contributed by atoms with van der Waals surface area (Å²) in [5, 5.41) is 12.7. The second-order valence-electron chi connectivity index (χ2n) is 2.04. The minimum atomic E-state index is -0.976. The molecule has 0 aliphatic rings. The van der Waals surface area contributed by atoms with Gasteiger partial charge in [0.2, 0.25) is 0 Å². The van der Waals surface area contributed by atoms with Crippen LogP contribution in [0.3, 0.4) is 0 Å². The van der Waals surface area contributed by atoms with Crippen molar-refractivity contribution in [2.45, 2.75) is 6.17 Å². The van der Waals surface area contributed by atoms with Crippen LogP contribution in [0, 0.1) is 10.1 Å². The maximum atomic E-state index is 10.1. The van der Waals surface area contributed by atoms with Crippen LogP contribution >= 0.6 is 0 Å². The van der Waals surface area contributed by atoms with Gasteiger partial charge in [-0.1, -0.05) is 30.3 Å². The van der Waals surface area contributed by atoms with Crippen LogP contribution in [0.2, 0.25) is 0 Å². The van der Waals surface area contributed by atoms with Crippen molar-refractivity contribution >= 4 is 0 Å². The summed E-state index contributed by atoms with van der Waals surface area (Å²) in [5.41, 5.74) is 2.12. The third-order valence-corrected chi connectivity index (χ3v) is 1.33. The molecule has 0 aliphatic heterocycles. The molecular formula is C7H7N2O2-. The molecule has 0 saturated heterocycles. The average molecular weight is 151 g/mol. The van der Waals surface area contributed by atoms with E-state index >= 15 is 0 Å². The number of hydrogen-bond acceptors (Lipinski definition) is 4. The van der Waals surface area contributed by atoms with Gasteiger partial charge in [-0.2, -0.15) is 0 Å². The molecule has 0 aromatic heterocycles. The van der Waals surface area contributed by atoms with Crippen LogP contribution in [0.5, 0.6) is 0 Å². The molecule has 11 heavy (non-hydrogen) atoms. The Morgan fingerprint density at radius 1 is 1.36 bits per heavy atom. The van der Waals surface area contributed by atoms with Gasteiger partial charge in [0.05, 0.1) is 0 Å². The molecule has 0 spiro atoms. The molecule has 0 fully saturated rings. The number of hydrogen-bond donors (Lipinski definition) is 1. The highest BCUT2D eigenvalue weighted by molar-refractivity contribution is 5.18. The predicted molar refractivity (Wildman–Crippen MR) is 41.5 cm³/mol. The van der Waals surface area contributed by atoms with E-state index in [0.29, 0.717) is 5.56 Å². The Morgan fingerprint density at radius 3 is 2.45 bits per heavy atom. The van der Waals surface area contributed by atoms with Gasteiger partial charge in [0.15, 0.2) is 6.17 Å². The molecule has 0 amide bonds. The molecule has 1 aromatic carbocycles. The number of benzene rings is 1. The Bertz CT molecular complexity index is 225. The van der Waals surface area contributed by atoms with Crippen LogP contribution in [0.4, 0.5) is 0 Å². The van der Waals surface area contributed by atoms with E-state index in [4.69, 9.17) is 0 Å². The molecule has 1 rings (SSSR count). The molecular weight excluding hydrogens is 144 g/mol. The maximum Gasteiger partial charge on any atom is 0.156 e. The summed E-state index contributed by atoms with van der Waals surface area (Å²) in [6.45, 7) is 0. The van der Waals surface area contributed by atoms with E-state index in [1.165, 1.54) is 5.48 Å². The van der Waals surface area contributed by atoms with Crippen molar-refractivity contribution in [1.82, 2.24) is 5.48 Å². The zero-order chi connectivity index (χ0) is 8.10. The Kier molecular flexibility index (Phi) is 2.71. The van der Waals surface area contributed by atoms with Crippen molar-refractivity contribution in [3.05, 3.63) is 46.0 Å². The first-order valence-electron chi connectivity index (χ1n) is 3.13. The number of nitroso groups, excluding NO2 is 1. The lowest BCUT2D eigenvalue weighted by Crippen LogP contribution is -2.10. The van der Waals surface area contributed by atoms with Crippen LogP contribution in [0.1, 0.15) is 11.7 Å². The summed E-state index contributed by atoms with van der Waals surface area (Å²) >= 11 is 0. The SMILES string of the molecule is O=NC(N[O-])c1ccccc1. The van der Waals surface area contributed by atoms with Gasteiger partial charge in [-0.15, -0.1) is 4.91 Å². The lowest BCUT2D eigenvalue weighted by molar-refractivity contribution is 0.653. The summed E-state index contributed by atoms with van der Waals surface area (Å²) < 4.78 is 0. The number of hydroxylamine groups is 1. The van der Waals surface area contributed by atoms with Gasteiger partial charge < -0.3 is 10.7 Å². The molecule has 0 bridgehead atoms. The molecule has 0 saturated carbocycles. The molecule has 1 N–H and O–H groups in total. The van der Waals surface area contributed by atoms with Crippen molar-refractivity contribution in [1.29, 1.82) is 0 Å². The highest BCUT2D eigenvalue weighted by Gasteiger charge is 2.03. The second kappa shape index (κ2) is 3.80. The molecule has 1 aromatic rings. The van der Waals surface area contributed by atoms with Crippen molar-refractivity contribution < 1.29 is 0 Å². The van der Waals surface area contributed by atoms with Crippen LogP contribution in [0.25, 0.3) is 0 Å². The molecule has 1 unspecified atom stereocenters. The summed E-state index contributed by atoms with van der Waals surface area (Å²) in [4.78, 5) is 10.0. The lowest BCUT2D eigenvalue weighted by atomic mass is 10.2. The number of nitrogens with zero attached hydrogens (tertiary/aromatic N) is 1. The molecule has 0 radical (unpaired) electrons. The second-order valence-corrected chi connectivity index (χ2v) is 2.04. The van der Waals surface area contributed by atoms with Gasteiger partial charge in [0.1, 0.15) is 0 Å². The fraction of sp³-hybridized carbons (Fsp3) is 0.143. The predicted octanol–water partition coefficient (Wildman–Crippen LogP) is 1.54. The molecule has 4 nitrogen and oxygen atoms in total. The normalized spacial score (nSPS) is 12.5. The maximum absolute atomic E-state index is 10.1. The lowest BCUT2D eigenvalue weighted by Gasteiger charge is -2.13. The monoisotopic (exact) mass is 151 g/mol. The van der Waals surface area contributed by atoms with E-state index in [9.17, 15) is 10.1 Å². The Morgan fingerprint density at radius 2 is 2.00 bits per heavy atom. The van der Waals surface area contributed by atoms with E-state index in [0.717, 1.165) is 0 Å². The molecule has 4 heteroatoms. The first kappa shape index (κ1) is 7.84. The average Bonchev–Trinajstić information content (AvgIpc) is 2.09. The zero-order valence-electron chi connectivity index (χ0n) is 5.73. The molecule has 58 valence electrons. The molecule has 1 atom stereocenters. The minimum Gasteiger partial charge on any atom is -0.786 e. The number of rotatable bonds is 3. The van der Waals surface area contributed by atoms with Gasteiger partial charge in [-0.25, -0.2) is 0 Å². The Hall–Kier alpha value is -1.26. The first-order chi connectivity index (χ1) is 5.38. The third kappa shape index (κ3) is 1.83. The quantitative estimate of drug-likeness (QED) is 0.526. The van der Waals surface area contributed by atoms with E-state index in [1.807, 2.05) is 0 Å². The van der Waals surface area contributed by atoms with Crippen molar-refractivity contribution in [3.63, 3.8) is 0 Å². The third-order valence-electron chi connectivity index (χ3n) is 1.33. The van der Waals surface area contributed by atoms with Crippen molar-refractivity contribution in [3.8, 4) is 0 Å². The van der Waals surface area contributed by atoms with Crippen molar-refractivity contribution in [2.24, 2.45) is 5.18 Å². The van der Waals surface area contributed by atoms with Crippen LogP contribution in [0.15, 0.2) is 35.5 Å². The van der Waals surface area contributed by atoms with Crippen LogP contribution in [-0.4, -0.2) is 0 Å². The van der Waals surface area contributed by atoms with E-state index in [1.54, 1.807) is 30.3 Å². The minimum absolute atomic E-state index is 0.581. The summed E-state index contributed by atoms with van der Waals surface area (Å²) in [7, 11) is 0. The topological polar surface area (TPSA) is 64.5 Å². The molecule has 0 heterocycles. The van der Waals surface area contributed by atoms with E-state index in [-0.39, 0.29) is 0 Å². The molecule has 0 aliphatic carbocycles. The van der Waals surface area contributed by atoms with Gasteiger partial charge >= 0.3 is 0 Å². The van der Waals surface area contributed by atoms with Gasteiger partial charge in [0, 0.05) is 0 Å². The van der Waals surface area contributed by atoms with Crippen LogP contribution in [-0.2, 0) is 0 Å². The first-order valence-corrected chi connectivity index (χ1v) is 3.13. The van der Waals surface area contributed by atoms with Crippen molar-refractivity contribution in [2.75, 3.05) is 0 Å².